The van der Waals surface area contributed by atoms with Gasteiger partial charge in [-0.2, -0.15) is 5.10 Å². The molecule has 0 spiro atoms. The first kappa shape index (κ1) is 22.2. The SMILES string of the molecule is Cc1nn(-c2ccc(C(C)C)cc2)c(C)c1[C@H]1C=C[C@@H](NC(=O)Nc2ccc(Cl)cc2)C1. The van der Waals surface area contributed by atoms with Gasteiger partial charge in [0.25, 0.3) is 0 Å². The summed E-state index contributed by atoms with van der Waals surface area (Å²) in [6.07, 6.45) is 5.06. The first-order chi connectivity index (χ1) is 15.3. The molecule has 3 aromatic rings. The van der Waals surface area contributed by atoms with Crippen molar-refractivity contribution in [2.45, 2.75) is 52.0 Å². The topological polar surface area (TPSA) is 59.0 Å². The summed E-state index contributed by atoms with van der Waals surface area (Å²) in [5.74, 6) is 0.726. The molecule has 2 amide bonds. The van der Waals surface area contributed by atoms with Crippen molar-refractivity contribution in [3.8, 4) is 5.69 Å². The molecule has 2 N–H and O–H groups in total. The van der Waals surface area contributed by atoms with Crippen molar-refractivity contribution in [1.29, 1.82) is 0 Å². The average Bonchev–Trinajstić information content (AvgIpc) is 3.33. The van der Waals surface area contributed by atoms with Crippen LogP contribution in [0.4, 0.5) is 10.5 Å². The summed E-state index contributed by atoms with van der Waals surface area (Å²) in [6, 6.07) is 15.4. The van der Waals surface area contributed by atoms with Crippen molar-refractivity contribution in [3.63, 3.8) is 0 Å². The molecule has 0 fully saturated rings. The van der Waals surface area contributed by atoms with Crippen LogP contribution in [-0.2, 0) is 0 Å². The number of nitrogens with one attached hydrogen (secondary N) is 2. The Kier molecular flexibility index (Phi) is 6.38. The molecule has 5 nitrogen and oxygen atoms in total. The van der Waals surface area contributed by atoms with E-state index < -0.39 is 0 Å². The molecule has 166 valence electrons. The van der Waals surface area contributed by atoms with Crippen molar-refractivity contribution in [2.24, 2.45) is 0 Å². The Bertz CT molecular complexity index is 1130. The van der Waals surface area contributed by atoms with Gasteiger partial charge < -0.3 is 10.6 Å². The molecule has 0 saturated carbocycles. The Morgan fingerprint density at radius 2 is 1.75 bits per heavy atom. The number of rotatable bonds is 5. The lowest BCUT2D eigenvalue weighted by Gasteiger charge is -2.15. The molecule has 6 heteroatoms. The highest BCUT2D eigenvalue weighted by Crippen LogP contribution is 2.34. The van der Waals surface area contributed by atoms with Crippen LogP contribution in [0.25, 0.3) is 5.69 Å². The molecule has 2 aromatic carbocycles. The third-order valence-corrected chi connectivity index (χ3v) is 6.28. The number of allylic oxidation sites excluding steroid dienone is 1. The normalized spacial score (nSPS) is 17.7. The molecule has 1 aliphatic rings. The van der Waals surface area contributed by atoms with Crippen LogP contribution < -0.4 is 10.6 Å². The van der Waals surface area contributed by atoms with Gasteiger partial charge in [0.05, 0.1) is 11.4 Å². The van der Waals surface area contributed by atoms with E-state index in [1.165, 1.54) is 11.1 Å². The first-order valence-electron chi connectivity index (χ1n) is 11.0. The van der Waals surface area contributed by atoms with E-state index in [2.05, 4.69) is 74.7 Å². The second-order valence-corrected chi connectivity index (χ2v) is 9.12. The Balaban J connectivity index is 1.43. The largest absolute Gasteiger partial charge is 0.332 e. The molecule has 0 radical (unpaired) electrons. The van der Waals surface area contributed by atoms with Crippen LogP contribution in [0.1, 0.15) is 54.6 Å². The number of aromatic nitrogens is 2. The number of hydrogen-bond donors (Lipinski definition) is 2. The van der Waals surface area contributed by atoms with Gasteiger partial charge in [0.1, 0.15) is 0 Å². The summed E-state index contributed by atoms with van der Waals surface area (Å²) < 4.78 is 2.02. The number of benzene rings is 2. The zero-order chi connectivity index (χ0) is 22.8. The van der Waals surface area contributed by atoms with E-state index in [1.54, 1.807) is 24.3 Å². The molecule has 0 saturated heterocycles. The number of amides is 2. The Labute approximate surface area is 194 Å². The molecule has 32 heavy (non-hydrogen) atoms. The minimum Gasteiger partial charge on any atom is -0.332 e. The summed E-state index contributed by atoms with van der Waals surface area (Å²) >= 11 is 5.90. The number of nitrogens with zero attached hydrogens (tertiary/aromatic N) is 2. The van der Waals surface area contributed by atoms with Gasteiger partial charge >= 0.3 is 6.03 Å². The summed E-state index contributed by atoms with van der Waals surface area (Å²) in [4.78, 5) is 12.4. The van der Waals surface area contributed by atoms with Crippen molar-refractivity contribution >= 4 is 23.3 Å². The zero-order valence-electron chi connectivity index (χ0n) is 18.9. The number of aryl methyl sites for hydroxylation is 1. The van der Waals surface area contributed by atoms with Crippen molar-refractivity contribution in [3.05, 3.63) is 88.2 Å². The number of carbonyl (C=O) groups excluding carboxylic acids is 1. The van der Waals surface area contributed by atoms with E-state index in [1.807, 2.05) is 4.68 Å². The molecule has 1 aromatic heterocycles. The maximum absolute atomic E-state index is 12.4. The van der Waals surface area contributed by atoms with Gasteiger partial charge in [-0.25, -0.2) is 9.48 Å². The highest BCUT2D eigenvalue weighted by Gasteiger charge is 2.27. The maximum atomic E-state index is 12.4. The van der Waals surface area contributed by atoms with Gasteiger partial charge in [0.2, 0.25) is 0 Å². The molecular weight excluding hydrogens is 420 g/mol. The lowest BCUT2D eigenvalue weighted by Crippen LogP contribution is -2.36. The zero-order valence-corrected chi connectivity index (χ0v) is 19.6. The quantitative estimate of drug-likeness (QED) is 0.437. The maximum Gasteiger partial charge on any atom is 0.319 e. The number of carbonyl (C=O) groups is 1. The molecule has 1 heterocycles. The van der Waals surface area contributed by atoms with E-state index in [0.29, 0.717) is 16.6 Å². The predicted molar refractivity (Wildman–Crippen MR) is 131 cm³/mol. The highest BCUT2D eigenvalue weighted by molar-refractivity contribution is 6.30. The second-order valence-electron chi connectivity index (χ2n) is 8.68. The summed E-state index contributed by atoms with van der Waals surface area (Å²) in [5, 5.41) is 11.4. The summed E-state index contributed by atoms with van der Waals surface area (Å²) in [7, 11) is 0. The van der Waals surface area contributed by atoms with Gasteiger partial charge in [-0.05, 0) is 68.1 Å². The van der Waals surface area contributed by atoms with Gasteiger partial charge in [-0.15, -0.1) is 0 Å². The first-order valence-corrected chi connectivity index (χ1v) is 11.4. The lowest BCUT2D eigenvalue weighted by atomic mass is 9.96. The molecule has 2 atom stereocenters. The van der Waals surface area contributed by atoms with E-state index in [9.17, 15) is 4.79 Å². The van der Waals surface area contributed by atoms with Crippen LogP contribution in [-0.4, -0.2) is 21.9 Å². The molecule has 0 bridgehead atoms. The van der Waals surface area contributed by atoms with Crippen LogP contribution in [0, 0.1) is 13.8 Å². The molecule has 0 aliphatic heterocycles. The fourth-order valence-electron chi connectivity index (χ4n) is 4.33. The lowest BCUT2D eigenvalue weighted by molar-refractivity contribution is 0.250. The molecule has 1 aliphatic carbocycles. The van der Waals surface area contributed by atoms with Gasteiger partial charge in [-0.1, -0.05) is 49.7 Å². The standard InChI is InChI=1S/C26H29ClN4O/c1-16(2)19-6-13-24(14-7-19)31-18(4)25(17(3)30-31)20-5-10-23(15-20)29-26(32)28-22-11-8-21(27)9-12-22/h5-14,16,20,23H,15H2,1-4H3,(H2,28,29,32)/t20-,23+/m0/s1. The fourth-order valence-corrected chi connectivity index (χ4v) is 4.46. The van der Waals surface area contributed by atoms with Gasteiger partial charge in [0, 0.05) is 33.9 Å². The molecule has 4 rings (SSSR count). The summed E-state index contributed by atoms with van der Waals surface area (Å²) in [5.41, 5.74) is 6.50. The third-order valence-electron chi connectivity index (χ3n) is 6.02. The number of anilines is 1. The minimum absolute atomic E-state index is 0.0280. The van der Waals surface area contributed by atoms with Gasteiger partial charge in [0.15, 0.2) is 0 Å². The molecule has 0 unspecified atom stereocenters. The van der Waals surface area contributed by atoms with Crippen molar-refractivity contribution in [2.75, 3.05) is 5.32 Å². The van der Waals surface area contributed by atoms with Crippen LogP contribution in [0.2, 0.25) is 5.02 Å². The minimum atomic E-state index is -0.225. The van der Waals surface area contributed by atoms with E-state index in [0.717, 1.165) is 23.5 Å². The fraction of sp³-hybridized carbons (Fsp3) is 0.308. The van der Waals surface area contributed by atoms with E-state index >= 15 is 0 Å². The number of halogens is 1. The van der Waals surface area contributed by atoms with E-state index in [4.69, 9.17) is 16.7 Å². The predicted octanol–water partition coefficient (Wildman–Crippen LogP) is 6.50. The van der Waals surface area contributed by atoms with Crippen LogP contribution in [0.15, 0.2) is 60.7 Å². The van der Waals surface area contributed by atoms with Crippen molar-refractivity contribution < 1.29 is 4.79 Å². The summed E-state index contributed by atoms with van der Waals surface area (Å²) in [6.45, 7) is 8.57. The Morgan fingerprint density at radius 1 is 1.06 bits per heavy atom. The Hall–Kier alpha value is -3.05. The van der Waals surface area contributed by atoms with Crippen LogP contribution in [0.3, 0.4) is 0 Å². The molecular formula is C26H29ClN4O. The van der Waals surface area contributed by atoms with Gasteiger partial charge in [-0.3, -0.25) is 0 Å². The highest BCUT2D eigenvalue weighted by atomic mass is 35.5. The average molecular weight is 449 g/mol. The monoisotopic (exact) mass is 448 g/mol. The van der Waals surface area contributed by atoms with E-state index in [-0.39, 0.29) is 18.0 Å². The van der Waals surface area contributed by atoms with Crippen molar-refractivity contribution in [1.82, 2.24) is 15.1 Å². The van der Waals surface area contributed by atoms with Crippen LogP contribution >= 0.6 is 11.6 Å². The Morgan fingerprint density at radius 3 is 2.41 bits per heavy atom. The number of hydrogen-bond acceptors (Lipinski definition) is 2. The third kappa shape index (κ3) is 4.73. The number of urea groups is 1. The second kappa shape index (κ2) is 9.21. The smallest absolute Gasteiger partial charge is 0.319 e. The van der Waals surface area contributed by atoms with Crippen LogP contribution in [0.5, 0.6) is 0 Å².